The Hall–Kier alpha value is -2.04. The number of esters is 1. The number of nitrogens with one attached hydrogen (secondary N) is 1. The van der Waals surface area contributed by atoms with Crippen LogP contribution in [0.2, 0.25) is 0 Å². The van der Waals surface area contributed by atoms with Crippen LogP contribution >= 0.6 is 0 Å². The number of hydrogen-bond donors (Lipinski definition) is 2. The number of nitrogens with two attached hydrogens (primary N) is 1. The summed E-state index contributed by atoms with van der Waals surface area (Å²) in [7, 11) is 0. The van der Waals surface area contributed by atoms with Crippen LogP contribution in [0, 0.1) is 6.92 Å². The second kappa shape index (κ2) is 5.08. The second-order valence-corrected chi connectivity index (χ2v) is 4.49. The van der Waals surface area contributed by atoms with E-state index in [1.165, 1.54) is 0 Å². The van der Waals surface area contributed by atoms with Gasteiger partial charge in [-0.1, -0.05) is 0 Å². The third-order valence-corrected chi connectivity index (χ3v) is 2.75. The van der Waals surface area contributed by atoms with Crippen molar-refractivity contribution < 1.29 is 14.3 Å². The Morgan fingerprint density at radius 1 is 1.44 bits per heavy atom. The molecule has 0 aromatic heterocycles. The average molecular weight is 248 g/mol. The summed E-state index contributed by atoms with van der Waals surface area (Å²) in [5, 5.41) is 2.75. The van der Waals surface area contributed by atoms with Gasteiger partial charge in [0.25, 0.3) is 5.91 Å². The molecule has 18 heavy (non-hydrogen) atoms. The minimum absolute atomic E-state index is 0.237. The van der Waals surface area contributed by atoms with Crippen molar-refractivity contribution in [3.63, 3.8) is 0 Å². The van der Waals surface area contributed by atoms with Crippen LogP contribution in [0.5, 0.6) is 0 Å². The Morgan fingerprint density at radius 2 is 2.17 bits per heavy atom. The zero-order valence-corrected chi connectivity index (χ0v) is 10.2. The maximum absolute atomic E-state index is 11.7. The lowest BCUT2D eigenvalue weighted by atomic mass is 10.1. The third-order valence-electron chi connectivity index (χ3n) is 2.75. The Labute approximate surface area is 105 Å². The zero-order chi connectivity index (χ0) is 13.1. The number of benzene rings is 1. The summed E-state index contributed by atoms with van der Waals surface area (Å²) >= 11 is 0. The number of anilines is 1. The lowest BCUT2D eigenvalue weighted by Gasteiger charge is -2.08. The molecule has 5 heteroatoms. The highest BCUT2D eigenvalue weighted by Crippen LogP contribution is 2.18. The number of aryl methyl sites for hydroxylation is 1. The van der Waals surface area contributed by atoms with Gasteiger partial charge >= 0.3 is 5.97 Å². The number of amides is 1. The van der Waals surface area contributed by atoms with Crippen LogP contribution in [0.25, 0.3) is 0 Å². The van der Waals surface area contributed by atoms with Crippen molar-refractivity contribution >= 4 is 17.6 Å². The lowest BCUT2D eigenvalue weighted by molar-refractivity contribution is -0.124. The van der Waals surface area contributed by atoms with Crippen molar-refractivity contribution in [3.05, 3.63) is 29.3 Å². The number of rotatable bonds is 4. The first-order valence-corrected chi connectivity index (χ1v) is 5.89. The number of carbonyl (C=O) groups is 2. The summed E-state index contributed by atoms with van der Waals surface area (Å²) in [5.74, 6) is -0.752. The molecule has 0 bridgehead atoms. The van der Waals surface area contributed by atoms with Crippen molar-refractivity contribution in [2.24, 2.45) is 0 Å². The fraction of sp³-hybridized carbons (Fsp3) is 0.385. The molecule has 2 rings (SSSR count). The molecular weight excluding hydrogens is 232 g/mol. The maximum atomic E-state index is 11.7. The van der Waals surface area contributed by atoms with E-state index >= 15 is 0 Å². The van der Waals surface area contributed by atoms with E-state index in [0.29, 0.717) is 11.3 Å². The molecule has 1 aliphatic rings. The van der Waals surface area contributed by atoms with Gasteiger partial charge in [0.05, 0.1) is 5.56 Å². The molecule has 5 nitrogen and oxygen atoms in total. The molecule has 1 aliphatic carbocycles. The second-order valence-electron chi connectivity index (χ2n) is 4.49. The molecule has 3 N–H and O–H groups in total. The van der Waals surface area contributed by atoms with Gasteiger partial charge < -0.3 is 15.8 Å². The van der Waals surface area contributed by atoms with Crippen LogP contribution in [-0.4, -0.2) is 24.5 Å². The summed E-state index contributed by atoms with van der Waals surface area (Å²) in [6.07, 6.45) is 2.02. The molecule has 0 atom stereocenters. The molecule has 1 fully saturated rings. The van der Waals surface area contributed by atoms with Gasteiger partial charge in [0, 0.05) is 11.7 Å². The standard InChI is InChI=1S/C13H16N2O3/c1-8-6-9(14)2-5-11(8)13(17)18-7-12(16)15-10-3-4-10/h2,5-6,10H,3-4,7,14H2,1H3,(H,15,16). The van der Waals surface area contributed by atoms with E-state index < -0.39 is 5.97 Å². The molecule has 0 heterocycles. The lowest BCUT2D eigenvalue weighted by Crippen LogP contribution is -2.30. The van der Waals surface area contributed by atoms with Crippen LogP contribution in [-0.2, 0) is 9.53 Å². The van der Waals surface area contributed by atoms with Gasteiger partial charge in [0.2, 0.25) is 0 Å². The van der Waals surface area contributed by atoms with Crippen LogP contribution in [0.15, 0.2) is 18.2 Å². The summed E-state index contributed by atoms with van der Waals surface area (Å²) < 4.78 is 4.95. The highest BCUT2D eigenvalue weighted by molar-refractivity contribution is 5.93. The highest BCUT2D eigenvalue weighted by Gasteiger charge is 2.23. The Bertz CT molecular complexity index is 481. The predicted octanol–water partition coefficient (Wildman–Crippen LogP) is 1.01. The zero-order valence-electron chi connectivity index (χ0n) is 10.2. The fourth-order valence-electron chi connectivity index (χ4n) is 1.62. The summed E-state index contributed by atoms with van der Waals surface area (Å²) in [4.78, 5) is 23.1. The monoisotopic (exact) mass is 248 g/mol. The van der Waals surface area contributed by atoms with Gasteiger partial charge in [0.1, 0.15) is 0 Å². The molecule has 0 aliphatic heterocycles. The summed E-state index contributed by atoms with van der Waals surface area (Å²) in [5.41, 5.74) is 7.36. The molecule has 1 aromatic carbocycles. The molecule has 96 valence electrons. The van der Waals surface area contributed by atoms with Crippen LogP contribution in [0.4, 0.5) is 5.69 Å². The fourth-order valence-corrected chi connectivity index (χ4v) is 1.62. The van der Waals surface area contributed by atoms with Crippen LogP contribution < -0.4 is 11.1 Å². The predicted molar refractivity (Wildman–Crippen MR) is 67.0 cm³/mol. The van der Waals surface area contributed by atoms with Crippen molar-refractivity contribution in [3.8, 4) is 0 Å². The molecule has 1 saturated carbocycles. The van der Waals surface area contributed by atoms with Crippen LogP contribution in [0.3, 0.4) is 0 Å². The normalized spacial score (nSPS) is 14.1. The molecule has 0 spiro atoms. The Morgan fingerprint density at radius 3 is 2.78 bits per heavy atom. The van der Waals surface area contributed by atoms with Crippen LogP contribution in [0.1, 0.15) is 28.8 Å². The van der Waals surface area contributed by atoms with E-state index in [-0.39, 0.29) is 18.6 Å². The Balaban J connectivity index is 1.88. The van der Waals surface area contributed by atoms with Gasteiger partial charge in [-0.15, -0.1) is 0 Å². The van der Waals surface area contributed by atoms with Crippen molar-refractivity contribution in [2.45, 2.75) is 25.8 Å². The first kappa shape index (κ1) is 12.4. The molecular formula is C13H16N2O3. The number of carbonyl (C=O) groups excluding carboxylic acids is 2. The molecule has 1 amide bonds. The van der Waals surface area contributed by atoms with E-state index in [9.17, 15) is 9.59 Å². The molecule has 1 aromatic rings. The van der Waals surface area contributed by atoms with E-state index in [4.69, 9.17) is 10.5 Å². The molecule has 0 saturated heterocycles. The first-order valence-electron chi connectivity index (χ1n) is 5.89. The van der Waals surface area contributed by atoms with Gasteiger partial charge in [-0.3, -0.25) is 4.79 Å². The SMILES string of the molecule is Cc1cc(N)ccc1C(=O)OCC(=O)NC1CC1. The van der Waals surface area contributed by atoms with E-state index in [1.54, 1.807) is 25.1 Å². The average Bonchev–Trinajstić information content (AvgIpc) is 3.10. The van der Waals surface area contributed by atoms with Crippen molar-refractivity contribution in [1.82, 2.24) is 5.32 Å². The number of nitrogen functional groups attached to an aromatic ring is 1. The van der Waals surface area contributed by atoms with Gasteiger partial charge in [0.15, 0.2) is 6.61 Å². The summed E-state index contributed by atoms with van der Waals surface area (Å²) in [6, 6.07) is 5.20. The Kier molecular flexibility index (Phi) is 3.50. The maximum Gasteiger partial charge on any atom is 0.338 e. The number of hydrogen-bond acceptors (Lipinski definition) is 4. The van der Waals surface area contributed by atoms with Gasteiger partial charge in [-0.25, -0.2) is 4.79 Å². The van der Waals surface area contributed by atoms with E-state index in [2.05, 4.69) is 5.32 Å². The largest absolute Gasteiger partial charge is 0.452 e. The highest BCUT2D eigenvalue weighted by atomic mass is 16.5. The van der Waals surface area contributed by atoms with Gasteiger partial charge in [-0.2, -0.15) is 0 Å². The third kappa shape index (κ3) is 3.23. The smallest absolute Gasteiger partial charge is 0.338 e. The molecule has 0 unspecified atom stereocenters. The van der Waals surface area contributed by atoms with Crippen molar-refractivity contribution in [1.29, 1.82) is 0 Å². The quantitative estimate of drug-likeness (QED) is 0.615. The first-order chi connectivity index (χ1) is 8.56. The van der Waals surface area contributed by atoms with Crippen molar-refractivity contribution in [2.75, 3.05) is 12.3 Å². The topological polar surface area (TPSA) is 81.4 Å². The number of ether oxygens (including phenoxy) is 1. The van der Waals surface area contributed by atoms with Gasteiger partial charge in [-0.05, 0) is 43.5 Å². The molecule has 0 radical (unpaired) electrons. The van der Waals surface area contributed by atoms with E-state index in [1.807, 2.05) is 0 Å². The summed E-state index contributed by atoms with van der Waals surface area (Å²) in [6.45, 7) is 1.54. The minimum Gasteiger partial charge on any atom is -0.452 e. The van der Waals surface area contributed by atoms with E-state index in [0.717, 1.165) is 18.4 Å². The minimum atomic E-state index is -0.501.